The maximum Gasteiger partial charge on any atom is 0.0678 e. The molecule has 3 heteroatoms. The Kier molecular flexibility index (Phi) is 5.14. The Morgan fingerprint density at radius 1 is 1.10 bits per heavy atom. The summed E-state index contributed by atoms with van der Waals surface area (Å²) in [4.78, 5) is 2.50. The molecule has 1 N–H and O–H groups in total. The van der Waals surface area contributed by atoms with E-state index in [0.29, 0.717) is 23.5 Å². The zero-order valence-electron chi connectivity index (χ0n) is 13.9. The van der Waals surface area contributed by atoms with Crippen molar-refractivity contribution in [2.75, 3.05) is 19.6 Å². The second-order valence-electron chi connectivity index (χ2n) is 8.18. The number of morpholine rings is 1. The molecule has 0 aromatic rings. The van der Waals surface area contributed by atoms with Crippen LogP contribution in [-0.2, 0) is 4.74 Å². The third kappa shape index (κ3) is 4.19. The van der Waals surface area contributed by atoms with Gasteiger partial charge in [0, 0.05) is 19.6 Å². The van der Waals surface area contributed by atoms with Gasteiger partial charge in [-0.25, -0.2) is 0 Å². The number of aliphatic hydroxyl groups is 1. The van der Waals surface area contributed by atoms with E-state index in [-0.39, 0.29) is 6.10 Å². The van der Waals surface area contributed by atoms with E-state index >= 15 is 0 Å². The number of nitrogens with zero attached hydrogens (tertiary/aromatic N) is 1. The highest BCUT2D eigenvalue weighted by molar-refractivity contribution is 4.88. The van der Waals surface area contributed by atoms with Crippen LogP contribution in [0.25, 0.3) is 0 Å². The van der Waals surface area contributed by atoms with Gasteiger partial charge in [-0.15, -0.1) is 0 Å². The van der Waals surface area contributed by atoms with Crippen LogP contribution in [-0.4, -0.2) is 48.0 Å². The van der Waals surface area contributed by atoms with Crippen LogP contribution in [0.5, 0.6) is 0 Å². The summed E-state index contributed by atoms with van der Waals surface area (Å²) in [5.41, 5.74) is 0.365. The van der Waals surface area contributed by atoms with Crippen molar-refractivity contribution in [2.45, 2.75) is 72.2 Å². The Labute approximate surface area is 124 Å². The molecule has 1 heterocycles. The molecule has 2 fully saturated rings. The normalized spacial score (nSPS) is 40.8. The molecule has 0 radical (unpaired) electrons. The smallest absolute Gasteiger partial charge is 0.0678 e. The Morgan fingerprint density at radius 2 is 1.70 bits per heavy atom. The number of rotatable bonds is 2. The lowest BCUT2D eigenvalue weighted by molar-refractivity contribution is -0.0825. The molecule has 118 valence electrons. The molecule has 2 aliphatic rings. The molecule has 2 rings (SSSR count). The van der Waals surface area contributed by atoms with Crippen LogP contribution in [0.3, 0.4) is 0 Å². The number of ether oxygens (including phenoxy) is 1. The molecular formula is C17H33NO2. The van der Waals surface area contributed by atoms with Gasteiger partial charge >= 0.3 is 0 Å². The average Bonchev–Trinajstić information content (AvgIpc) is 2.29. The number of hydrogen-bond donors (Lipinski definition) is 1. The minimum absolute atomic E-state index is 0.109. The van der Waals surface area contributed by atoms with Gasteiger partial charge in [-0.1, -0.05) is 20.8 Å². The van der Waals surface area contributed by atoms with Gasteiger partial charge in [0.25, 0.3) is 0 Å². The largest absolute Gasteiger partial charge is 0.393 e. The Hall–Kier alpha value is -0.120. The molecule has 0 aromatic heterocycles. The lowest BCUT2D eigenvalue weighted by atomic mass is 9.68. The number of hydrogen-bond acceptors (Lipinski definition) is 3. The van der Waals surface area contributed by atoms with Crippen molar-refractivity contribution in [3.8, 4) is 0 Å². The van der Waals surface area contributed by atoms with Gasteiger partial charge in [0.1, 0.15) is 0 Å². The topological polar surface area (TPSA) is 32.7 Å². The van der Waals surface area contributed by atoms with E-state index in [1.807, 2.05) is 0 Å². The van der Waals surface area contributed by atoms with Crippen LogP contribution in [0.4, 0.5) is 0 Å². The lowest BCUT2D eigenvalue weighted by Gasteiger charge is -2.43. The summed E-state index contributed by atoms with van der Waals surface area (Å²) >= 11 is 0. The van der Waals surface area contributed by atoms with E-state index in [0.717, 1.165) is 32.0 Å². The molecule has 0 spiro atoms. The van der Waals surface area contributed by atoms with E-state index in [4.69, 9.17) is 4.74 Å². The van der Waals surface area contributed by atoms with E-state index in [1.165, 1.54) is 12.8 Å². The van der Waals surface area contributed by atoms with Gasteiger partial charge in [0.05, 0.1) is 18.3 Å². The van der Waals surface area contributed by atoms with Crippen LogP contribution in [0.15, 0.2) is 0 Å². The van der Waals surface area contributed by atoms with Gasteiger partial charge < -0.3 is 9.84 Å². The van der Waals surface area contributed by atoms with Crippen molar-refractivity contribution in [2.24, 2.45) is 17.3 Å². The zero-order chi connectivity index (χ0) is 14.9. The van der Waals surface area contributed by atoms with Crippen molar-refractivity contribution in [3.05, 3.63) is 0 Å². The summed E-state index contributed by atoms with van der Waals surface area (Å²) in [6.07, 6.45) is 3.85. The Bertz CT molecular complexity index is 303. The summed E-state index contributed by atoms with van der Waals surface area (Å²) in [5.74, 6) is 1.18. The third-order valence-electron chi connectivity index (χ3n) is 5.15. The molecule has 3 nitrogen and oxygen atoms in total. The summed E-state index contributed by atoms with van der Waals surface area (Å²) in [6.45, 7) is 14.4. The first kappa shape index (κ1) is 16.3. The molecule has 1 saturated carbocycles. The van der Waals surface area contributed by atoms with Crippen molar-refractivity contribution in [1.29, 1.82) is 0 Å². The van der Waals surface area contributed by atoms with Gasteiger partial charge in [-0.2, -0.15) is 0 Å². The molecule has 5 unspecified atom stereocenters. The van der Waals surface area contributed by atoms with Gasteiger partial charge in [0.2, 0.25) is 0 Å². The predicted octanol–water partition coefficient (Wildman–Crippen LogP) is 2.92. The van der Waals surface area contributed by atoms with Crippen molar-refractivity contribution >= 4 is 0 Å². The standard InChI is InChI=1S/C17H33NO2/c1-12-9-18(10-13(2)20-12)11-14-8-15(17(3,4)5)6-7-16(14)19/h12-16,19H,6-11H2,1-5H3. The van der Waals surface area contributed by atoms with Crippen molar-refractivity contribution in [1.82, 2.24) is 4.90 Å². The summed E-state index contributed by atoms with van der Waals surface area (Å²) in [7, 11) is 0. The fourth-order valence-electron chi connectivity index (χ4n) is 4.00. The molecule has 20 heavy (non-hydrogen) atoms. The van der Waals surface area contributed by atoms with Crippen molar-refractivity contribution < 1.29 is 9.84 Å². The van der Waals surface area contributed by atoms with Crippen molar-refractivity contribution in [3.63, 3.8) is 0 Å². The van der Waals surface area contributed by atoms with Crippen LogP contribution < -0.4 is 0 Å². The van der Waals surface area contributed by atoms with Gasteiger partial charge in [-0.05, 0) is 50.4 Å². The molecule has 0 aromatic carbocycles. The summed E-state index contributed by atoms with van der Waals surface area (Å²) < 4.78 is 5.80. The maximum atomic E-state index is 10.4. The van der Waals surface area contributed by atoms with Crippen LogP contribution in [0.1, 0.15) is 53.9 Å². The maximum absolute atomic E-state index is 10.4. The predicted molar refractivity (Wildman–Crippen MR) is 82.7 cm³/mol. The Morgan fingerprint density at radius 3 is 2.25 bits per heavy atom. The molecule has 5 atom stereocenters. The third-order valence-corrected chi connectivity index (χ3v) is 5.15. The summed E-state index contributed by atoms with van der Waals surface area (Å²) in [5, 5.41) is 10.4. The first-order chi connectivity index (χ1) is 9.25. The molecule has 1 aliphatic carbocycles. The molecule has 0 bridgehead atoms. The van der Waals surface area contributed by atoms with Crippen LogP contribution >= 0.6 is 0 Å². The van der Waals surface area contributed by atoms with E-state index in [9.17, 15) is 5.11 Å². The van der Waals surface area contributed by atoms with Crippen LogP contribution in [0, 0.1) is 17.3 Å². The number of aliphatic hydroxyl groups excluding tert-OH is 1. The highest BCUT2D eigenvalue weighted by Gasteiger charge is 2.36. The highest BCUT2D eigenvalue weighted by atomic mass is 16.5. The minimum atomic E-state index is -0.109. The average molecular weight is 283 g/mol. The first-order valence-corrected chi connectivity index (χ1v) is 8.31. The monoisotopic (exact) mass is 283 g/mol. The quantitative estimate of drug-likeness (QED) is 0.846. The zero-order valence-corrected chi connectivity index (χ0v) is 13.9. The fourth-order valence-corrected chi connectivity index (χ4v) is 4.00. The van der Waals surface area contributed by atoms with E-state index < -0.39 is 0 Å². The molecule has 1 aliphatic heterocycles. The van der Waals surface area contributed by atoms with Gasteiger partial charge in [-0.3, -0.25) is 4.90 Å². The molecule has 1 saturated heterocycles. The first-order valence-electron chi connectivity index (χ1n) is 8.31. The molecule has 0 amide bonds. The second-order valence-corrected chi connectivity index (χ2v) is 8.18. The minimum Gasteiger partial charge on any atom is -0.393 e. The highest BCUT2D eigenvalue weighted by Crippen LogP contribution is 2.40. The fraction of sp³-hybridized carbons (Fsp3) is 1.00. The SMILES string of the molecule is CC1CN(CC2CC(C(C)(C)C)CCC2O)CC(C)O1. The van der Waals surface area contributed by atoms with E-state index in [1.54, 1.807) is 0 Å². The summed E-state index contributed by atoms with van der Waals surface area (Å²) in [6, 6.07) is 0. The molecular weight excluding hydrogens is 250 g/mol. The lowest BCUT2D eigenvalue weighted by Crippen LogP contribution is -2.49. The van der Waals surface area contributed by atoms with Crippen LogP contribution in [0.2, 0.25) is 0 Å². The second kappa shape index (κ2) is 6.33. The van der Waals surface area contributed by atoms with Gasteiger partial charge in [0.15, 0.2) is 0 Å². The Balaban J connectivity index is 1.93. The van der Waals surface area contributed by atoms with E-state index in [2.05, 4.69) is 39.5 Å².